The standard InChI is InChI=1S/C24H18ClF4N9O3/c25-20-18(38(12-39)41-23(40)24(27,28)29)7-16(26)22(35-20)36-6-3-13(9-36)17(1-4-30)37-10-14(8-34-37)19-15-2-5-31-21(15)33-11-32-19/h2,5,7-8,10-13,17H,1,3,6,9H2,(H,31,32,33)/t13-,17?/m0/s1. The Morgan fingerprint density at radius 3 is 2.93 bits per heavy atom. The Morgan fingerprint density at radius 1 is 1.39 bits per heavy atom. The minimum Gasteiger partial charge on any atom is -0.354 e. The molecule has 1 unspecified atom stereocenters. The number of amides is 1. The van der Waals surface area contributed by atoms with Crippen LogP contribution in [0.3, 0.4) is 0 Å². The molecule has 1 amide bonds. The largest absolute Gasteiger partial charge is 0.493 e. The van der Waals surface area contributed by atoms with E-state index in [4.69, 9.17) is 11.6 Å². The fraction of sp³-hybridized carbons (Fsp3) is 0.292. The number of hydrogen-bond acceptors (Lipinski definition) is 9. The number of fused-ring (bicyclic) bond motifs is 1. The maximum absolute atomic E-state index is 15.1. The summed E-state index contributed by atoms with van der Waals surface area (Å²) < 4.78 is 54.4. The van der Waals surface area contributed by atoms with Gasteiger partial charge in [-0.3, -0.25) is 9.48 Å². The van der Waals surface area contributed by atoms with Gasteiger partial charge in [-0.15, -0.1) is 5.06 Å². The first-order valence-electron chi connectivity index (χ1n) is 11.9. The lowest BCUT2D eigenvalue weighted by molar-refractivity contribution is -0.201. The van der Waals surface area contributed by atoms with E-state index in [0.29, 0.717) is 30.4 Å². The van der Waals surface area contributed by atoms with Crippen LogP contribution in [0.25, 0.3) is 22.3 Å². The highest BCUT2D eigenvalue weighted by atomic mass is 35.5. The average molecular weight is 592 g/mol. The second kappa shape index (κ2) is 11.0. The molecule has 12 nitrogen and oxygen atoms in total. The fourth-order valence-electron chi connectivity index (χ4n) is 4.70. The SMILES string of the molecule is N#CCC([C@H]1CCN(c2nc(Cl)c(N(C=O)OC(=O)C(F)(F)F)cc2F)C1)n1cc(-c2ncnc3[nH]ccc23)cn1. The van der Waals surface area contributed by atoms with E-state index in [0.717, 1.165) is 10.9 Å². The smallest absolute Gasteiger partial charge is 0.354 e. The number of nitrogens with zero attached hydrogens (tertiary/aromatic N) is 8. The highest BCUT2D eigenvalue weighted by Crippen LogP contribution is 2.37. The summed E-state index contributed by atoms with van der Waals surface area (Å²) in [6, 6.07) is 4.27. The number of H-pyrrole nitrogens is 1. The molecule has 0 saturated carbocycles. The van der Waals surface area contributed by atoms with Crippen molar-refractivity contribution in [3.63, 3.8) is 0 Å². The summed E-state index contributed by atoms with van der Waals surface area (Å²) >= 11 is 6.04. The van der Waals surface area contributed by atoms with Crippen LogP contribution in [0.1, 0.15) is 18.9 Å². The minimum atomic E-state index is -5.40. The molecule has 0 radical (unpaired) electrons. The van der Waals surface area contributed by atoms with Gasteiger partial charge in [0.05, 0.1) is 30.4 Å². The van der Waals surface area contributed by atoms with Gasteiger partial charge in [0.1, 0.15) is 17.7 Å². The fourth-order valence-corrected chi connectivity index (χ4v) is 4.92. The summed E-state index contributed by atoms with van der Waals surface area (Å²) in [5.74, 6) is -4.10. The molecule has 1 fully saturated rings. The van der Waals surface area contributed by atoms with E-state index >= 15 is 4.39 Å². The van der Waals surface area contributed by atoms with Crippen molar-refractivity contribution in [1.82, 2.24) is 29.7 Å². The van der Waals surface area contributed by atoms with Gasteiger partial charge >= 0.3 is 12.1 Å². The molecule has 1 N–H and O–H groups in total. The zero-order valence-corrected chi connectivity index (χ0v) is 21.5. The lowest BCUT2D eigenvalue weighted by Gasteiger charge is -2.24. The highest BCUT2D eigenvalue weighted by molar-refractivity contribution is 6.32. The molecule has 0 aromatic carbocycles. The van der Waals surface area contributed by atoms with E-state index < -0.39 is 28.8 Å². The van der Waals surface area contributed by atoms with E-state index in [1.165, 1.54) is 6.33 Å². The molecule has 1 saturated heterocycles. The molecule has 0 aliphatic carbocycles. The number of rotatable bonds is 8. The van der Waals surface area contributed by atoms with Crippen LogP contribution in [0, 0.1) is 23.1 Å². The van der Waals surface area contributed by atoms with Gasteiger partial charge in [-0.2, -0.15) is 23.5 Å². The third-order valence-electron chi connectivity index (χ3n) is 6.58. The van der Waals surface area contributed by atoms with Crippen LogP contribution in [0.2, 0.25) is 5.15 Å². The van der Waals surface area contributed by atoms with Crippen LogP contribution in [-0.4, -0.2) is 61.4 Å². The number of pyridine rings is 1. The first kappa shape index (κ1) is 27.8. The van der Waals surface area contributed by atoms with Gasteiger partial charge < -0.3 is 14.7 Å². The third-order valence-corrected chi connectivity index (χ3v) is 6.85. The zero-order valence-electron chi connectivity index (χ0n) is 20.7. The molecule has 0 bridgehead atoms. The second-order valence-electron chi connectivity index (χ2n) is 9.01. The molecule has 5 heterocycles. The van der Waals surface area contributed by atoms with Crippen molar-refractivity contribution in [1.29, 1.82) is 5.26 Å². The van der Waals surface area contributed by atoms with E-state index in [9.17, 15) is 28.0 Å². The quantitative estimate of drug-likeness (QED) is 0.139. The summed E-state index contributed by atoms with van der Waals surface area (Å²) in [5, 5.41) is 14.1. The van der Waals surface area contributed by atoms with Gasteiger partial charge in [-0.1, -0.05) is 11.6 Å². The van der Waals surface area contributed by atoms with E-state index in [1.807, 2.05) is 6.07 Å². The van der Waals surface area contributed by atoms with Crippen LogP contribution in [-0.2, 0) is 14.4 Å². The number of alkyl halides is 3. The topological polar surface area (TPSA) is 146 Å². The van der Waals surface area contributed by atoms with Crippen LogP contribution >= 0.6 is 11.6 Å². The normalized spacial score (nSPS) is 16.0. The Kier molecular flexibility index (Phi) is 7.45. The van der Waals surface area contributed by atoms with Gasteiger partial charge in [0.2, 0.25) is 6.41 Å². The van der Waals surface area contributed by atoms with E-state index in [-0.39, 0.29) is 42.2 Å². The van der Waals surface area contributed by atoms with Crippen molar-refractivity contribution in [2.45, 2.75) is 25.1 Å². The third kappa shape index (κ3) is 5.48. The van der Waals surface area contributed by atoms with Crippen LogP contribution in [0.5, 0.6) is 0 Å². The van der Waals surface area contributed by atoms with Crippen molar-refractivity contribution >= 4 is 46.5 Å². The van der Waals surface area contributed by atoms with Crippen molar-refractivity contribution < 1.29 is 32.0 Å². The van der Waals surface area contributed by atoms with E-state index in [2.05, 4.69) is 35.9 Å². The number of nitriles is 1. The number of hydroxylamine groups is 1. The summed E-state index contributed by atoms with van der Waals surface area (Å²) in [4.78, 5) is 43.4. The number of halogens is 5. The predicted octanol–water partition coefficient (Wildman–Crippen LogP) is 3.97. The first-order valence-corrected chi connectivity index (χ1v) is 12.3. The number of nitrogens with one attached hydrogen (secondary N) is 1. The van der Waals surface area contributed by atoms with Gasteiger partial charge in [-0.05, 0) is 12.5 Å². The highest BCUT2D eigenvalue weighted by Gasteiger charge is 2.43. The number of aromatic nitrogens is 6. The number of carbonyl (C=O) groups excluding carboxylic acids is 2. The lowest BCUT2D eigenvalue weighted by atomic mass is 9.96. The summed E-state index contributed by atoms with van der Waals surface area (Å²) in [6.07, 6.45) is 1.55. The monoisotopic (exact) mass is 591 g/mol. The molecule has 4 aromatic heterocycles. The van der Waals surface area contributed by atoms with Gasteiger partial charge in [0, 0.05) is 48.4 Å². The van der Waals surface area contributed by atoms with Crippen molar-refractivity contribution in [2.24, 2.45) is 5.92 Å². The van der Waals surface area contributed by atoms with Crippen LogP contribution in [0.15, 0.2) is 37.1 Å². The molecule has 2 atom stereocenters. The molecular formula is C24H18ClF4N9O3. The van der Waals surface area contributed by atoms with Gasteiger partial charge in [-0.25, -0.2) is 24.1 Å². The molecule has 212 valence electrons. The Hall–Kier alpha value is -4.78. The molecule has 0 spiro atoms. The molecule has 4 aromatic rings. The molecule has 5 rings (SSSR count). The Labute approximate surface area is 233 Å². The molecule has 1 aliphatic rings. The summed E-state index contributed by atoms with van der Waals surface area (Å²) in [7, 11) is 0. The average Bonchev–Trinajstić information content (AvgIpc) is 3.71. The Morgan fingerprint density at radius 2 is 2.20 bits per heavy atom. The Bertz CT molecular complexity index is 1650. The number of aromatic amines is 1. The van der Waals surface area contributed by atoms with E-state index in [1.54, 1.807) is 28.2 Å². The molecule has 1 aliphatic heterocycles. The number of hydrogen-bond donors (Lipinski definition) is 1. The maximum Gasteiger partial charge on any atom is 0.493 e. The maximum atomic E-state index is 15.1. The molecule has 41 heavy (non-hydrogen) atoms. The molecule has 17 heteroatoms. The first-order chi connectivity index (χ1) is 19.6. The molecular weight excluding hydrogens is 574 g/mol. The van der Waals surface area contributed by atoms with Gasteiger partial charge in [0.25, 0.3) is 0 Å². The number of carbonyl (C=O) groups is 2. The van der Waals surface area contributed by atoms with Gasteiger partial charge in [0.15, 0.2) is 16.8 Å². The van der Waals surface area contributed by atoms with Crippen LogP contribution in [0.4, 0.5) is 29.1 Å². The predicted molar refractivity (Wildman–Crippen MR) is 135 cm³/mol. The minimum absolute atomic E-state index is 0.109. The van der Waals surface area contributed by atoms with Crippen molar-refractivity contribution in [3.05, 3.63) is 48.0 Å². The Balaban J connectivity index is 1.35. The van der Waals surface area contributed by atoms with Crippen molar-refractivity contribution in [2.75, 3.05) is 23.1 Å². The van der Waals surface area contributed by atoms with Crippen LogP contribution < -0.4 is 9.96 Å². The number of anilines is 2. The summed E-state index contributed by atoms with van der Waals surface area (Å²) in [6.45, 7) is 0.563. The second-order valence-corrected chi connectivity index (χ2v) is 9.37. The zero-order chi connectivity index (χ0) is 29.3. The lowest BCUT2D eigenvalue weighted by Crippen LogP contribution is -2.34. The van der Waals surface area contributed by atoms with Crippen molar-refractivity contribution in [3.8, 4) is 17.3 Å². The summed E-state index contributed by atoms with van der Waals surface area (Å²) in [5.41, 5.74) is 1.36.